The Labute approximate surface area is 183 Å². The van der Waals surface area contributed by atoms with Crippen LogP contribution in [0.1, 0.15) is 13.3 Å². The van der Waals surface area contributed by atoms with Gasteiger partial charge in [-0.15, -0.1) is 0 Å². The molecule has 0 saturated heterocycles. The number of fused-ring (bicyclic) bond motifs is 2. The molecule has 4 aromatic rings. The average Bonchev–Trinajstić information content (AvgIpc) is 3.28. The fourth-order valence-electron chi connectivity index (χ4n) is 3.61. The van der Waals surface area contributed by atoms with Gasteiger partial charge in [0, 0.05) is 0 Å². The van der Waals surface area contributed by atoms with Crippen molar-refractivity contribution in [3.8, 4) is 0 Å². The van der Waals surface area contributed by atoms with Crippen molar-refractivity contribution in [1.29, 1.82) is 0 Å². The standard InChI is InChI=1S/C21H18FN7O2S/c1-2-15(27-20-18-19(24-11-23-18)25-12-26-20)21-28-16-5-3-4-6-17(16)32(30,31)29(21)14-9-7-13(22)8-10-14/h3-12,15H,2H2,1H3,(H2,23,24,25,26,27). The summed E-state index contributed by atoms with van der Waals surface area (Å²) in [6.07, 6.45) is 3.38. The molecule has 0 aliphatic carbocycles. The Balaban J connectivity index is 1.66. The number of nitrogens with zero attached hydrogens (tertiary/aromatic N) is 5. The first kappa shape index (κ1) is 20.1. The van der Waals surface area contributed by atoms with Crippen molar-refractivity contribution in [1.82, 2.24) is 19.9 Å². The van der Waals surface area contributed by atoms with Gasteiger partial charge in [-0.1, -0.05) is 19.1 Å². The molecule has 0 bridgehead atoms. The maximum atomic E-state index is 13.6. The fraction of sp³-hybridized carbons (Fsp3) is 0.143. The molecule has 0 fully saturated rings. The highest BCUT2D eigenvalue weighted by Crippen LogP contribution is 2.36. The van der Waals surface area contributed by atoms with E-state index in [9.17, 15) is 12.8 Å². The normalized spacial score (nSPS) is 15.8. The van der Waals surface area contributed by atoms with Gasteiger partial charge >= 0.3 is 0 Å². The number of amidine groups is 1. The number of sulfonamides is 1. The summed E-state index contributed by atoms with van der Waals surface area (Å²) < 4.78 is 42.0. The number of benzene rings is 2. The molecule has 9 nitrogen and oxygen atoms in total. The maximum Gasteiger partial charge on any atom is 0.271 e. The van der Waals surface area contributed by atoms with Crippen LogP contribution in [0.2, 0.25) is 0 Å². The van der Waals surface area contributed by atoms with E-state index in [2.05, 4.69) is 25.3 Å². The lowest BCUT2D eigenvalue weighted by molar-refractivity contribution is 0.595. The van der Waals surface area contributed by atoms with Crippen LogP contribution in [0, 0.1) is 5.82 Å². The van der Waals surface area contributed by atoms with E-state index in [0.29, 0.717) is 29.1 Å². The number of hydrogen-bond acceptors (Lipinski definition) is 7. The van der Waals surface area contributed by atoms with Crippen LogP contribution >= 0.6 is 0 Å². The highest BCUT2D eigenvalue weighted by atomic mass is 32.2. The van der Waals surface area contributed by atoms with E-state index in [4.69, 9.17) is 4.99 Å². The number of aromatic nitrogens is 4. The molecule has 0 spiro atoms. The lowest BCUT2D eigenvalue weighted by atomic mass is 10.1. The smallest absolute Gasteiger partial charge is 0.271 e. The lowest BCUT2D eigenvalue weighted by Crippen LogP contribution is -2.48. The Morgan fingerprint density at radius 2 is 1.88 bits per heavy atom. The number of rotatable bonds is 5. The van der Waals surface area contributed by atoms with Gasteiger partial charge in [0.1, 0.15) is 28.4 Å². The Morgan fingerprint density at radius 1 is 1.09 bits per heavy atom. The molecule has 1 aliphatic rings. The van der Waals surface area contributed by atoms with E-state index < -0.39 is 21.9 Å². The van der Waals surface area contributed by atoms with Gasteiger partial charge in [-0.05, 0) is 42.8 Å². The highest BCUT2D eigenvalue weighted by Gasteiger charge is 2.38. The first-order valence-electron chi connectivity index (χ1n) is 9.88. The molecule has 1 aliphatic heterocycles. The first-order chi connectivity index (χ1) is 15.5. The van der Waals surface area contributed by atoms with Crippen LogP contribution in [-0.2, 0) is 10.0 Å². The van der Waals surface area contributed by atoms with Gasteiger partial charge in [0.25, 0.3) is 10.0 Å². The van der Waals surface area contributed by atoms with E-state index in [0.717, 1.165) is 4.31 Å². The topological polar surface area (TPSA) is 116 Å². The van der Waals surface area contributed by atoms with E-state index in [1.54, 1.807) is 18.2 Å². The maximum absolute atomic E-state index is 13.6. The molecule has 32 heavy (non-hydrogen) atoms. The van der Waals surface area contributed by atoms with Gasteiger partial charge in [-0.25, -0.2) is 37.1 Å². The quantitative estimate of drug-likeness (QED) is 0.479. The van der Waals surface area contributed by atoms with E-state index >= 15 is 0 Å². The zero-order valence-electron chi connectivity index (χ0n) is 16.9. The number of anilines is 2. The molecular formula is C21H18FN7O2S. The summed E-state index contributed by atoms with van der Waals surface area (Å²) in [4.78, 5) is 20.3. The largest absolute Gasteiger partial charge is 0.358 e. The average molecular weight is 451 g/mol. The van der Waals surface area contributed by atoms with Gasteiger partial charge in [-0.2, -0.15) is 0 Å². The number of halogens is 1. The molecule has 3 heterocycles. The second-order valence-electron chi connectivity index (χ2n) is 7.11. The number of aromatic amines is 1. The van der Waals surface area contributed by atoms with Crippen LogP contribution in [0.3, 0.4) is 0 Å². The van der Waals surface area contributed by atoms with Crippen LogP contribution in [0.15, 0.2) is 71.1 Å². The molecular weight excluding hydrogens is 433 g/mol. The number of hydrogen-bond donors (Lipinski definition) is 2. The summed E-state index contributed by atoms with van der Waals surface area (Å²) in [6.45, 7) is 1.90. The van der Waals surface area contributed by atoms with Crippen LogP contribution in [0.4, 0.5) is 21.6 Å². The summed E-state index contributed by atoms with van der Waals surface area (Å²) in [7, 11) is -3.99. The predicted molar refractivity (Wildman–Crippen MR) is 119 cm³/mol. The zero-order chi connectivity index (χ0) is 22.3. The molecule has 11 heteroatoms. The van der Waals surface area contributed by atoms with E-state index in [1.165, 1.54) is 43.0 Å². The zero-order valence-corrected chi connectivity index (χ0v) is 17.7. The summed E-state index contributed by atoms with van der Waals surface area (Å²) in [6, 6.07) is 11.3. The van der Waals surface area contributed by atoms with Crippen molar-refractivity contribution < 1.29 is 12.8 Å². The molecule has 5 rings (SSSR count). The minimum Gasteiger partial charge on any atom is -0.358 e. The highest BCUT2D eigenvalue weighted by molar-refractivity contribution is 7.93. The molecule has 0 radical (unpaired) electrons. The van der Waals surface area contributed by atoms with Crippen LogP contribution < -0.4 is 9.62 Å². The van der Waals surface area contributed by atoms with Gasteiger partial charge in [-0.3, -0.25) is 0 Å². The third kappa shape index (κ3) is 3.26. The van der Waals surface area contributed by atoms with Crippen molar-refractivity contribution in [2.24, 2.45) is 4.99 Å². The van der Waals surface area contributed by atoms with E-state index in [-0.39, 0.29) is 16.4 Å². The number of imidazole rings is 1. The van der Waals surface area contributed by atoms with Gasteiger partial charge in [0.2, 0.25) is 0 Å². The molecule has 2 aromatic carbocycles. The summed E-state index contributed by atoms with van der Waals surface area (Å²) >= 11 is 0. The summed E-state index contributed by atoms with van der Waals surface area (Å²) in [5, 5.41) is 3.27. The second kappa shape index (κ2) is 7.68. The lowest BCUT2D eigenvalue weighted by Gasteiger charge is -2.34. The van der Waals surface area contributed by atoms with Crippen molar-refractivity contribution in [3.63, 3.8) is 0 Å². The van der Waals surface area contributed by atoms with Gasteiger partial charge in [0.05, 0.1) is 23.7 Å². The van der Waals surface area contributed by atoms with Crippen molar-refractivity contribution in [2.45, 2.75) is 24.3 Å². The second-order valence-corrected chi connectivity index (χ2v) is 8.87. The third-order valence-corrected chi connectivity index (χ3v) is 6.92. The molecule has 1 unspecified atom stereocenters. The Kier molecular flexibility index (Phi) is 4.82. The van der Waals surface area contributed by atoms with Crippen molar-refractivity contribution >= 4 is 44.2 Å². The molecule has 1 atom stereocenters. The summed E-state index contributed by atoms with van der Waals surface area (Å²) in [5.41, 5.74) is 1.71. The van der Waals surface area contributed by atoms with Gasteiger partial charge < -0.3 is 10.3 Å². The van der Waals surface area contributed by atoms with Crippen LogP contribution in [0.25, 0.3) is 11.2 Å². The molecule has 0 amide bonds. The number of aliphatic imine (C=N–C) groups is 1. The van der Waals surface area contributed by atoms with Crippen LogP contribution in [0.5, 0.6) is 0 Å². The van der Waals surface area contributed by atoms with Crippen molar-refractivity contribution in [2.75, 3.05) is 9.62 Å². The summed E-state index contributed by atoms with van der Waals surface area (Å²) in [5.74, 6) is 0.260. The number of nitrogens with one attached hydrogen (secondary N) is 2. The van der Waals surface area contributed by atoms with Crippen LogP contribution in [-0.4, -0.2) is 40.2 Å². The fourth-order valence-corrected chi connectivity index (χ4v) is 5.25. The Hall–Kier alpha value is -3.86. The molecule has 162 valence electrons. The monoisotopic (exact) mass is 451 g/mol. The predicted octanol–water partition coefficient (Wildman–Crippen LogP) is 3.62. The third-order valence-electron chi connectivity index (χ3n) is 5.14. The minimum absolute atomic E-state index is 0.0842. The molecule has 0 saturated carbocycles. The van der Waals surface area contributed by atoms with Crippen molar-refractivity contribution in [3.05, 3.63) is 67.0 Å². The Morgan fingerprint density at radius 3 is 2.66 bits per heavy atom. The van der Waals surface area contributed by atoms with Gasteiger partial charge in [0.15, 0.2) is 11.5 Å². The number of para-hydroxylation sites is 1. The SMILES string of the molecule is CCC(Nc1ncnc2nc[nH]c12)C1=Nc2ccccc2S(=O)(=O)N1c1ccc(F)cc1. The minimum atomic E-state index is -3.99. The van der Waals surface area contributed by atoms with E-state index in [1.807, 2.05) is 6.92 Å². The first-order valence-corrected chi connectivity index (χ1v) is 11.3. The molecule has 2 aromatic heterocycles. The number of H-pyrrole nitrogens is 1. The Bertz CT molecular complexity index is 1430. The molecule has 2 N–H and O–H groups in total.